The number of hydrogen-bond donors (Lipinski definition) is 1. The number of benzene rings is 1. The lowest BCUT2D eigenvalue weighted by molar-refractivity contribution is 0.0377. The van der Waals surface area contributed by atoms with Gasteiger partial charge in [-0.15, -0.1) is 0 Å². The van der Waals surface area contributed by atoms with E-state index in [4.69, 9.17) is 15.2 Å². The molecule has 0 heterocycles. The molecule has 0 aliphatic heterocycles. The van der Waals surface area contributed by atoms with Gasteiger partial charge in [-0.3, -0.25) is 0 Å². The second-order valence-electron chi connectivity index (χ2n) is 4.76. The number of rotatable bonds is 7. The Labute approximate surface area is 114 Å². The summed E-state index contributed by atoms with van der Waals surface area (Å²) < 4.78 is 10.7. The van der Waals surface area contributed by atoms with E-state index < -0.39 is 0 Å². The lowest BCUT2D eigenvalue weighted by atomic mass is 10.2. The lowest BCUT2D eigenvalue weighted by Gasteiger charge is -2.11. The molecule has 1 rings (SSSR count). The summed E-state index contributed by atoms with van der Waals surface area (Å²) in [5, 5.41) is 0. The second kappa shape index (κ2) is 7.67. The second-order valence-corrected chi connectivity index (χ2v) is 4.76. The van der Waals surface area contributed by atoms with Crippen LogP contribution in [0.2, 0.25) is 0 Å². The third-order valence-corrected chi connectivity index (χ3v) is 2.60. The van der Waals surface area contributed by atoms with Crippen LogP contribution in [-0.4, -0.2) is 18.7 Å². The molecule has 0 saturated carbocycles. The van der Waals surface area contributed by atoms with Gasteiger partial charge in [-0.1, -0.05) is 19.8 Å². The molecule has 2 N–H and O–H groups in total. The van der Waals surface area contributed by atoms with Crippen LogP contribution in [0.25, 0.3) is 0 Å². The molecule has 0 spiro atoms. The van der Waals surface area contributed by atoms with Gasteiger partial charge in [0.2, 0.25) is 0 Å². The zero-order valence-corrected chi connectivity index (χ0v) is 11.9. The summed E-state index contributed by atoms with van der Waals surface area (Å²) in [4.78, 5) is 11.8. The molecule has 0 aromatic heterocycles. The zero-order chi connectivity index (χ0) is 14.3. The number of nitrogens with two attached hydrogens (primary N) is 1. The van der Waals surface area contributed by atoms with Crippen molar-refractivity contribution in [3.8, 4) is 5.75 Å². The zero-order valence-electron chi connectivity index (χ0n) is 11.9. The Bertz CT molecular complexity index is 416. The van der Waals surface area contributed by atoms with Crippen LogP contribution in [0, 0.1) is 0 Å². The fraction of sp³-hybridized carbons (Fsp3) is 0.533. The van der Waals surface area contributed by atoms with Gasteiger partial charge < -0.3 is 15.2 Å². The topological polar surface area (TPSA) is 61.5 Å². The predicted molar refractivity (Wildman–Crippen MR) is 76.4 cm³/mol. The molecule has 0 unspecified atom stereocenters. The molecule has 0 saturated heterocycles. The van der Waals surface area contributed by atoms with Crippen LogP contribution < -0.4 is 10.5 Å². The Morgan fingerprint density at radius 2 is 2.05 bits per heavy atom. The molecule has 4 heteroatoms. The first-order chi connectivity index (χ1) is 9.04. The Morgan fingerprint density at radius 3 is 2.68 bits per heavy atom. The van der Waals surface area contributed by atoms with E-state index in [0.717, 1.165) is 19.3 Å². The Hall–Kier alpha value is -1.71. The molecule has 0 bridgehead atoms. The van der Waals surface area contributed by atoms with E-state index in [2.05, 4.69) is 6.92 Å². The van der Waals surface area contributed by atoms with Gasteiger partial charge in [-0.05, 0) is 38.5 Å². The van der Waals surface area contributed by atoms with Crippen LogP contribution in [-0.2, 0) is 4.74 Å². The third-order valence-electron chi connectivity index (χ3n) is 2.60. The first kappa shape index (κ1) is 15.3. The molecule has 106 valence electrons. The normalized spacial score (nSPS) is 10.5. The van der Waals surface area contributed by atoms with Gasteiger partial charge in [0.25, 0.3) is 0 Å². The van der Waals surface area contributed by atoms with Crippen LogP contribution >= 0.6 is 0 Å². The van der Waals surface area contributed by atoms with Gasteiger partial charge in [0, 0.05) is 0 Å². The highest BCUT2D eigenvalue weighted by molar-refractivity contribution is 5.90. The fourth-order valence-electron chi connectivity index (χ4n) is 1.60. The van der Waals surface area contributed by atoms with Crippen molar-refractivity contribution < 1.29 is 14.3 Å². The standard InChI is InChI=1S/C15H23NO3/c1-4-5-6-9-18-14-10-12(7-8-13(14)16)15(17)19-11(2)3/h7-8,10-11H,4-6,9,16H2,1-3H3. The summed E-state index contributed by atoms with van der Waals surface area (Å²) >= 11 is 0. The highest BCUT2D eigenvalue weighted by Crippen LogP contribution is 2.23. The van der Waals surface area contributed by atoms with Crippen molar-refractivity contribution in [1.29, 1.82) is 0 Å². The largest absolute Gasteiger partial charge is 0.491 e. The van der Waals surface area contributed by atoms with Crippen LogP contribution in [0.15, 0.2) is 18.2 Å². The van der Waals surface area contributed by atoms with Crippen molar-refractivity contribution in [3.05, 3.63) is 23.8 Å². The minimum Gasteiger partial charge on any atom is -0.491 e. The van der Waals surface area contributed by atoms with E-state index >= 15 is 0 Å². The van der Waals surface area contributed by atoms with E-state index in [9.17, 15) is 4.79 Å². The maximum atomic E-state index is 11.8. The van der Waals surface area contributed by atoms with Crippen molar-refractivity contribution in [3.63, 3.8) is 0 Å². The van der Waals surface area contributed by atoms with Gasteiger partial charge in [-0.25, -0.2) is 4.79 Å². The molecule has 0 amide bonds. The molecule has 4 nitrogen and oxygen atoms in total. The molecule has 0 radical (unpaired) electrons. The lowest BCUT2D eigenvalue weighted by Crippen LogP contribution is -2.12. The van der Waals surface area contributed by atoms with E-state index in [-0.39, 0.29) is 12.1 Å². The third kappa shape index (κ3) is 5.20. The Balaban J connectivity index is 2.68. The van der Waals surface area contributed by atoms with E-state index in [1.54, 1.807) is 18.2 Å². The van der Waals surface area contributed by atoms with Crippen molar-refractivity contribution in [2.24, 2.45) is 0 Å². The van der Waals surface area contributed by atoms with Crippen LogP contribution in [0.4, 0.5) is 5.69 Å². The number of carbonyl (C=O) groups excluding carboxylic acids is 1. The van der Waals surface area contributed by atoms with Crippen LogP contribution in [0.1, 0.15) is 50.4 Å². The fourth-order valence-corrected chi connectivity index (χ4v) is 1.60. The minimum atomic E-state index is -0.353. The summed E-state index contributed by atoms with van der Waals surface area (Å²) in [6.45, 7) is 6.38. The quantitative estimate of drug-likeness (QED) is 0.466. The van der Waals surface area contributed by atoms with Crippen LogP contribution in [0.3, 0.4) is 0 Å². The summed E-state index contributed by atoms with van der Waals surface area (Å²) in [7, 11) is 0. The van der Waals surface area contributed by atoms with Crippen LogP contribution in [0.5, 0.6) is 5.75 Å². The average molecular weight is 265 g/mol. The van der Waals surface area contributed by atoms with Gasteiger partial charge in [0.15, 0.2) is 0 Å². The van der Waals surface area contributed by atoms with E-state index in [1.165, 1.54) is 0 Å². The first-order valence-corrected chi connectivity index (χ1v) is 6.78. The van der Waals surface area contributed by atoms with Gasteiger partial charge >= 0.3 is 5.97 Å². The molecule has 0 aliphatic rings. The van der Waals surface area contributed by atoms with Gasteiger partial charge in [0.1, 0.15) is 5.75 Å². The number of unbranched alkanes of at least 4 members (excludes halogenated alkanes) is 2. The summed E-state index contributed by atoms with van der Waals surface area (Å²) in [6.07, 6.45) is 3.10. The number of ether oxygens (including phenoxy) is 2. The summed E-state index contributed by atoms with van der Waals surface area (Å²) in [5.74, 6) is 0.197. The van der Waals surface area contributed by atoms with E-state index in [0.29, 0.717) is 23.6 Å². The predicted octanol–water partition coefficient (Wildman–Crippen LogP) is 3.40. The monoisotopic (exact) mass is 265 g/mol. The average Bonchev–Trinajstić information content (AvgIpc) is 2.35. The highest BCUT2D eigenvalue weighted by Gasteiger charge is 2.12. The molecule has 1 aromatic carbocycles. The van der Waals surface area contributed by atoms with Crippen molar-refractivity contribution in [2.75, 3.05) is 12.3 Å². The van der Waals surface area contributed by atoms with Crippen molar-refractivity contribution in [1.82, 2.24) is 0 Å². The maximum absolute atomic E-state index is 11.8. The number of carbonyl (C=O) groups is 1. The number of nitrogen functional groups attached to an aromatic ring is 1. The first-order valence-electron chi connectivity index (χ1n) is 6.78. The maximum Gasteiger partial charge on any atom is 0.338 e. The Kier molecular flexibility index (Phi) is 6.19. The molecule has 0 atom stereocenters. The highest BCUT2D eigenvalue weighted by atomic mass is 16.5. The van der Waals surface area contributed by atoms with Crippen molar-refractivity contribution in [2.45, 2.75) is 46.1 Å². The minimum absolute atomic E-state index is 0.140. The SMILES string of the molecule is CCCCCOc1cc(C(=O)OC(C)C)ccc1N. The van der Waals surface area contributed by atoms with Gasteiger partial charge in [0.05, 0.1) is 24.0 Å². The Morgan fingerprint density at radius 1 is 1.32 bits per heavy atom. The smallest absolute Gasteiger partial charge is 0.338 e. The molecule has 19 heavy (non-hydrogen) atoms. The molecule has 0 aliphatic carbocycles. The van der Waals surface area contributed by atoms with Crippen molar-refractivity contribution >= 4 is 11.7 Å². The molecular formula is C15H23NO3. The number of anilines is 1. The molecule has 0 fully saturated rings. The molecular weight excluding hydrogens is 242 g/mol. The number of hydrogen-bond acceptors (Lipinski definition) is 4. The molecule has 1 aromatic rings. The summed E-state index contributed by atoms with van der Waals surface area (Å²) in [6, 6.07) is 4.97. The number of esters is 1. The van der Waals surface area contributed by atoms with Gasteiger partial charge in [-0.2, -0.15) is 0 Å². The van der Waals surface area contributed by atoms with E-state index in [1.807, 2.05) is 13.8 Å². The summed E-state index contributed by atoms with van der Waals surface area (Å²) in [5.41, 5.74) is 6.83.